The second-order valence-corrected chi connectivity index (χ2v) is 20.8. The number of carboxylic acid groups (broad SMARTS) is 1. The molecule has 53 heavy (non-hydrogen) atoms. The highest BCUT2D eigenvalue weighted by Crippen LogP contribution is 2.75. The first-order valence-corrected chi connectivity index (χ1v) is 20.4. The number of carboxylic acids is 1. The van der Waals surface area contributed by atoms with Gasteiger partial charge in [-0.15, -0.1) is 0 Å². The molecule has 3 N–H and O–H groups in total. The number of rotatable bonds is 8. The minimum atomic E-state index is -0.625. The SMILES string of the molecule is CC(C)[C@@H](C)[C@@]1(C)CC[C@]2(C)[C@H]3CC[C@@H]4C5(COC[C@@]4(C)[C@@H](OC[C@](C)(N)C(C)(C)C)[C@H](n4ncnc4-c4ccncc4)C5)C3=CC[C@@]2(C)[C@@H]1C(=O)O. The Morgan fingerprint density at radius 2 is 1.75 bits per heavy atom. The minimum absolute atomic E-state index is 0.115. The molecule has 0 amide bonds. The van der Waals surface area contributed by atoms with E-state index in [4.69, 9.17) is 25.3 Å². The van der Waals surface area contributed by atoms with Crippen molar-refractivity contribution in [2.24, 2.45) is 67.8 Å². The van der Waals surface area contributed by atoms with Crippen LogP contribution in [0.4, 0.5) is 0 Å². The second kappa shape index (κ2) is 12.7. The summed E-state index contributed by atoms with van der Waals surface area (Å²) in [5.41, 5.74) is 7.43. The summed E-state index contributed by atoms with van der Waals surface area (Å²) in [6.45, 7) is 26.6. The van der Waals surface area contributed by atoms with Crippen molar-refractivity contribution >= 4 is 5.97 Å². The fourth-order valence-electron chi connectivity index (χ4n) is 12.8. The molecule has 292 valence electrons. The first kappa shape index (κ1) is 38.6. The van der Waals surface area contributed by atoms with E-state index < -0.39 is 17.4 Å². The summed E-state index contributed by atoms with van der Waals surface area (Å²) in [6.07, 6.45) is 13.3. The van der Waals surface area contributed by atoms with Gasteiger partial charge in [-0.2, -0.15) is 5.10 Å². The number of fused-ring (bicyclic) bond motifs is 3. The summed E-state index contributed by atoms with van der Waals surface area (Å²) in [5.74, 6) is 1.12. The summed E-state index contributed by atoms with van der Waals surface area (Å²) in [4.78, 5) is 22.7. The van der Waals surface area contributed by atoms with Crippen molar-refractivity contribution in [3.8, 4) is 11.4 Å². The van der Waals surface area contributed by atoms with Crippen molar-refractivity contribution in [2.45, 2.75) is 132 Å². The Morgan fingerprint density at radius 3 is 2.40 bits per heavy atom. The molecule has 2 aromatic rings. The Labute approximate surface area is 318 Å². The van der Waals surface area contributed by atoms with Crippen LogP contribution in [-0.4, -0.2) is 62.3 Å². The number of hydrogen-bond acceptors (Lipinski definition) is 7. The van der Waals surface area contributed by atoms with E-state index in [-0.39, 0.29) is 50.6 Å². The van der Waals surface area contributed by atoms with Crippen LogP contribution in [0.1, 0.15) is 121 Å². The van der Waals surface area contributed by atoms with E-state index in [1.165, 1.54) is 5.57 Å². The summed E-state index contributed by atoms with van der Waals surface area (Å²) < 4.78 is 16.1. The Bertz CT molecular complexity index is 1730. The molecular formula is C44H67N5O4. The van der Waals surface area contributed by atoms with Gasteiger partial charge in [0, 0.05) is 34.3 Å². The predicted molar refractivity (Wildman–Crippen MR) is 208 cm³/mol. The van der Waals surface area contributed by atoms with E-state index in [0.717, 1.165) is 49.9 Å². The number of nitrogens with zero attached hydrogens (tertiary/aromatic N) is 4. The first-order chi connectivity index (χ1) is 24.7. The maximum absolute atomic E-state index is 13.6. The van der Waals surface area contributed by atoms with Gasteiger partial charge in [0.05, 0.1) is 37.9 Å². The van der Waals surface area contributed by atoms with E-state index in [9.17, 15) is 9.90 Å². The average Bonchev–Trinajstić information content (AvgIpc) is 3.57. The fourth-order valence-corrected chi connectivity index (χ4v) is 12.8. The van der Waals surface area contributed by atoms with Crippen molar-refractivity contribution in [3.63, 3.8) is 0 Å². The zero-order chi connectivity index (χ0) is 38.6. The molecule has 3 saturated carbocycles. The van der Waals surface area contributed by atoms with Crippen molar-refractivity contribution in [3.05, 3.63) is 42.5 Å². The average molecular weight is 730 g/mol. The molecule has 1 saturated heterocycles. The lowest BCUT2D eigenvalue weighted by atomic mass is 9.34. The summed E-state index contributed by atoms with van der Waals surface area (Å²) >= 11 is 0. The highest BCUT2D eigenvalue weighted by molar-refractivity contribution is 5.73. The van der Waals surface area contributed by atoms with Crippen LogP contribution in [0, 0.1) is 62.1 Å². The molecule has 4 fully saturated rings. The van der Waals surface area contributed by atoms with Gasteiger partial charge in [-0.25, -0.2) is 9.67 Å². The molecule has 1 aliphatic heterocycles. The number of aromatic nitrogens is 4. The molecule has 2 aromatic heterocycles. The van der Waals surface area contributed by atoms with E-state index in [1.807, 2.05) is 24.5 Å². The Hall–Kier alpha value is -2.62. The quantitative estimate of drug-likeness (QED) is 0.259. The van der Waals surface area contributed by atoms with Crippen molar-refractivity contribution in [1.82, 2.24) is 19.7 Å². The van der Waals surface area contributed by atoms with Gasteiger partial charge in [-0.1, -0.05) is 80.9 Å². The Balaban J connectivity index is 1.35. The number of pyridine rings is 1. The minimum Gasteiger partial charge on any atom is -0.481 e. The molecule has 9 nitrogen and oxygen atoms in total. The van der Waals surface area contributed by atoms with Crippen molar-refractivity contribution in [1.29, 1.82) is 0 Å². The largest absolute Gasteiger partial charge is 0.481 e. The number of allylic oxidation sites excluding steroid dienone is 1. The predicted octanol–water partition coefficient (Wildman–Crippen LogP) is 8.62. The summed E-state index contributed by atoms with van der Waals surface area (Å²) in [5, 5.41) is 16.1. The molecular weight excluding hydrogens is 663 g/mol. The Morgan fingerprint density at radius 1 is 1.06 bits per heavy atom. The molecule has 7 rings (SSSR count). The topological polar surface area (TPSA) is 125 Å². The van der Waals surface area contributed by atoms with Crippen LogP contribution in [0.15, 0.2) is 42.5 Å². The second-order valence-electron chi connectivity index (χ2n) is 20.8. The smallest absolute Gasteiger partial charge is 0.307 e. The lowest BCUT2D eigenvalue weighted by molar-refractivity contribution is -0.253. The molecule has 3 heterocycles. The van der Waals surface area contributed by atoms with Gasteiger partial charge < -0.3 is 20.3 Å². The molecule has 0 radical (unpaired) electrons. The molecule has 1 unspecified atom stereocenters. The molecule has 5 aliphatic rings. The lowest BCUT2D eigenvalue weighted by Crippen LogP contribution is -2.69. The van der Waals surface area contributed by atoms with Gasteiger partial charge in [0.15, 0.2) is 5.82 Å². The van der Waals surface area contributed by atoms with Crippen LogP contribution < -0.4 is 5.73 Å². The zero-order valence-electron chi connectivity index (χ0n) is 34.4. The lowest BCUT2D eigenvalue weighted by Gasteiger charge is -2.71. The third-order valence-electron chi connectivity index (χ3n) is 17.2. The Kier molecular flexibility index (Phi) is 9.26. The molecule has 0 spiro atoms. The number of ether oxygens (including phenoxy) is 2. The molecule has 12 atom stereocenters. The molecule has 9 heteroatoms. The van der Waals surface area contributed by atoms with Crippen LogP contribution >= 0.6 is 0 Å². The molecule has 4 aliphatic carbocycles. The number of hydrogen-bond donors (Lipinski definition) is 2. The summed E-state index contributed by atoms with van der Waals surface area (Å²) in [6, 6.07) is 3.89. The van der Waals surface area contributed by atoms with Crippen LogP contribution in [0.25, 0.3) is 11.4 Å². The monoisotopic (exact) mass is 730 g/mol. The van der Waals surface area contributed by atoms with Crippen LogP contribution in [0.5, 0.6) is 0 Å². The van der Waals surface area contributed by atoms with Crippen molar-refractivity contribution < 1.29 is 19.4 Å². The maximum Gasteiger partial charge on any atom is 0.307 e. The van der Waals surface area contributed by atoms with Crippen LogP contribution in [-0.2, 0) is 14.3 Å². The van der Waals surface area contributed by atoms with Crippen LogP contribution in [0.3, 0.4) is 0 Å². The third kappa shape index (κ3) is 5.47. The highest BCUT2D eigenvalue weighted by Gasteiger charge is 2.72. The highest BCUT2D eigenvalue weighted by atomic mass is 16.5. The number of aliphatic carboxylic acids is 1. The van der Waals surface area contributed by atoms with E-state index >= 15 is 0 Å². The van der Waals surface area contributed by atoms with E-state index in [2.05, 4.69) is 91.9 Å². The van der Waals surface area contributed by atoms with Crippen LogP contribution in [0.2, 0.25) is 0 Å². The van der Waals surface area contributed by atoms with E-state index in [0.29, 0.717) is 37.6 Å². The van der Waals surface area contributed by atoms with E-state index in [1.54, 1.807) is 6.33 Å². The number of nitrogens with two attached hydrogens (primary N) is 1. The molecule has 2 bridgehead atoms. The number of carbonyl (C=O) groups is 1. The van der Waals surface area contributed by atoms with Gasteiger partial charge >= 0.3 is 5.97 Å². The maximum atomic E-state index is 13.6. The third-order valence-corrected chi connectivity index (χ3v) is 17.2. The normalized spacial score (nSPS) is 41.4. The van der Waals surface area contributed by atoms with Gasteiger partial charge in [-0.05, 0) is 103 Å². The fraction of sp³-hybridized carbons (Fsp3) is 0.773. The van der Waals surface area contributed by atoms with Gasteiger partial charge in [-0.3, -0.25) is 9.78 Å². The van der Waals surface area contributed by atoms with Gasteiger partial charge in [0.2, 0.25) is 0 Å². The zero-order valence-corrected chi connectivity index (χ0v) is 34.4. The molecule has 0 aromatic carbocycles. The van der Waals surface area contributed by atoms with Gasteiger partial charge in [0.25, 0.3) is 0 Å². The summed E-state index contributed by atoms with van der Waals surface area (Å²) in [7, 11) is 0. The standard InChI is InChI=1S/C44H67N5O4/c1-27(2)28(3)39(7)18-19-41(9)30-12-13-33-40(8)23-52-25-44(33,31(30)14-17-42(41,10)34(39)37(50)51)22-32(35(40)53-24-43(11,45)38(4,5)6)49-36(47-26-48-49)29-15-20-46-21-16-29/h14-16,20-21,26-28,30,32-35H,12-13,17-19,22-25,45H2,1-11H3,(H,50,51)/t28-,30+,32-,33+,34-,35+,39-,40-,41-,42+,43+,44?/m1/s1. The van der Waals surface area contributed by atoms with Gasteiger partial charge in [0.1, 0.15) is 6.33 Å². The first-order valence-electron chi connectivity index (χ1n) is 20.4. The van der Waals surface area contributed by atoms with Crippen molar-refractivity contribution in [2.75, 3.05) is 19.8 Å².